The summed E-state index contributed by atoms with van der Waals surface area (Å²) >= 11 is 2.77. The largest absolute Gasteiger partial charge is 0.476 e. The second-order valence-electron chi connectivity index (χ2n) is 4.17. The van der Waals surface area contributed by atoms with Gasteiger partial charge in [0, 0.05) is 29.4 Å². The predicted octanol–water partition coefficient (Wildman–Crippen LogP) is 1.65. The number of aromatic nitrogens is 2. The Morgan fingerprint density at radius 3 is 2.57 bits per heavy atom. The topological polar surface area (TPSA) is 104 Å². The van der Waals surface area contributed by atoms with Crippen molar-refractivity contribution in [2.75, 3.05) is 6.54 Å². The van der Waals surface area contributed by atoms with Crippen LogP contribution in [0.3, 0.4) is 0 Å². The number of aromatic carboxylic acids is 1. The Bertz CT molecular complexity index is 638. The van der Waals surface area contributed by atoms with Crippen LogP contribution in [-0.2, 0) is 13.0 Å². The third kappa shape index (κ3) is 4.80. The van der Waals surface area contributed by atoms with Gasteiger partial charge in [-0.2, -0.15) is 0 Å². The van der Waals surface area contributed by atoms with Crippen LogP contribution in [0.4, 0.5) is 4.79 Å². The molecule has 7 nitrogen and oxygen atoms in total. The maximum absolute atomic E-state index is 11.6. The first kappa shape index (κ1) is 15.4. The first-order valence-electron chi connectivity index (χ1n) is 6.15. The lowest BCUT2D eigenvalue weighted by molar-refractivity contribution is 0.0691. The molecule has 21 heavy (non-hydrogen) atoms. The van der Waals surface area contributed by atoms with Crippen LogP contribution in [0.25, 0.3) is 0 Å². The molecule has 112 valence electrons. The molecule has 0 unspecified atom stereocenters. The molecule has 0 aliphatic rings. The maximum atomic E-state index is 11.6. The second kappa shape index (κ2) is 7.14. The van der Waals surface area contributed by atoms with Crippen molar-refractivity contribution >= 4 is 34.7 Å². The molecular formula is C12H14N4O3S2. The molecule has 2 rings (SSSR count). The number of rotatable bonds is 6. The zero-order valence-electron chi connectivity index (χ0n) is 11.3. The fourth-order valence-electron chi connectivity index (χ4n) is 1.51. The molecule has 0 aliphatic carbocycles. The van der Waals surface area contributed by atoms with E-state index in [9.17, 15) is 9.59 Å². The van der Waals surface area contributed by atoms with E-state index in [4.69, 9.17) is 5.11 Å². The molecule has 9 heteroatoms. The van der Waals surface area contributed by atoms with E-state index in [2.05, 4.69) is 20.6 Å². The van der Waals surface area contributed by atoms with Crippen LogP contribution in [0.1, 0.15) is 26.2 Å². The standard InChI is InChI=1S/C12H14N4O3S2/c1-7-5-20-10(15-7)4-14-12(19)13-3-2-9-16-8(6-21-9)11(17)18/h5-6H,2-4H2,1H3,(H,17,18)(H2,13,14,19). The Balaban J connectivity index is 1.67. The number of carbonyl (C=O) groups excluding carboxylic acids is 1. The normalized spacial score (nSPS) is 10.3. The monoisotopic (exact) mass is 326 g/mol. The van der Waals surface area contributed by atoms with Crippen LogP contribution in [0, 0.1) is 6.92 Å². The van der Waals surface area contributed by atoms with E-state index in [0.717, 1.165) is 10.7 Å². The summed E-state index contributed by atoms with van der Waals surface area (Å²) < 4.78 is 0. The summed E-state index contributed by atoms with van der Waals surface area (Å²) in [5.41, 5.74) is 0.980. The van der Waals surface area contributed by atoms with Crippen LogP contribution in [0.2, 0.25) is 0 Å². The number of hydrogen-bond acceptors (Lipinski definition) is 6. The van der Waals surface area contributed by atoms with Gasteiger partial charge in [-0.15, -0.1) is 22.7 Å². The van der Waals surface area contributed by atoms with E-state index < -0.39 is 5.97 Å². The number of urea groups is 1. The minimum Gasteiger partial charge on any atom is -0.476 e. The van der Waals surface area contributed by atoms with Crippen LogP contribution in [-0.4, -0.2) is 33.6 Å². The molecule has 0 saturated carbocycles. The van der Waals surface area contributed by atoms with Gasteiger partial charge in [0.2, 0.25) is 0 Å². The van der Waals surface area contributed by atoms with Gasteiger partial charge in [0.15, 0.2) is 5.69 Å². The van der Waals surface area contributed by atoms with Gasteiger partial charge in [-0.1, -0.05) is 0 Å². The van der Waals surface area contributed by atoms with Gasteiger partial charge < -0.3 is 15.7 Å². The van der Waals surface area contributed by atoms with Crippen molar-refractivity contribution < 1.29 is 14.7 Å². The lowest BCUT2D eigenvalue weighted by atomic mass is 10.4. The van der Waals surface area contributed by atoms with Gasteiger partial charge >= 0.3 is 12.0 Å². The highest BCUT2D eigenvalue weighted by atomic mass is 32.1. The van der Waals surface area contributed by atoms with Crippen molar-refractivity contribution in [3.8, 4) is 0 Å². The molecule has 2 aromatic rings. The van der Waals surface area contributed by atoms with E-state index in [1.807, 2.05) is 12.3 Å². The lowest BCUT2D eigenvalue weighted by Gasteiger charge is -2.05. The van der Waals surface area contributed by atoms with Crippen LogP contribution in [0.5, 0.6) is 0 Å². The molecule has 2 aromatic heterocycles. The summed E-state index contributed by atoms with van der Waals surface area (Å²) in [7, 11) is 0. The lowest BCUT2D eigenvalue weighted by Crippen LogP contribution is -2.36. The minimum atomic E-state index is -1.04. The number of nitrogens with zero attached hydrogens (tertiary/aromatic N) is 2. The van der Waals surface area contributed by atoms with Gasteiger partial charge in [-0.05, 0) is 6.92 Å². The summed E-state index contributed by atoms with van der Waals surface area (Å²) in [5, 5.41) is 19.1. The summed E-state index contributed by atoms with van der Waals surface area (Å²) in [6.07, 6.45) is 0.502. The van der Waals surface area contributed by atoms with E-state index in [-0.39, 0.29) is 11.7 Å². The van der Waals surface area contributed by atoms with E-state index in [1.54, 1.807) is 0 Å². The number of carbonyl (C=O) groups is 2. The van der Waals surface area contributed by atoms with Crippen LogP contribution >= 0.6 is 22.7 Å². The average molecular weight is 326 g/mol. The molecule has 0 bridgehead atoms. The van der Waals surface area contributed by atoms with Crippen molar-refractivity contribution in [3.63, 3.8) is 0 Å². The fourth-order valence-corrected chi connectivity index (χ4v) is 2.99. The number of thiazole rings is 2. The molecule has 2 heterocycles. The molecule has 0 radical (unpaired) electrons. The summed E-state index contributed by atoms with van der Waals surface area (Å²) in [4.78, 5) is 30.4. The van der Waals surface area contributed by atoms with Crippen LogP contribution < -0.4 is 10.6 Å². The van der Waals surface area contributed by atoms with Crippen molar-refractivity contribution in [3.05, 3.63) is 32.2 Å². The number of nitrogens with one attached hydrogen (secondary N) is 2. The summed E-state index contributed by atoms with van der Waals surface area (Å²) in [6.45, 7) is 2.69. The molecule has 3 N–H and O–H groups in total. The first-order chi connectivity index (χ1) is 10.0. The quantitative estimate of drug-likeness (QED) is 0.749. The highest BCUT2D eigenvalue weighted by Crippen LogP contribution is 2.10. The number of amides is 2. The molecule has 0 atom stereocenters. The average Bonchev–Trinajstić information content (AvgIpc) is 3.05. The Morgan fingerprint density at radius 1 is 1.19 bits per heavy atom. The van der Waals surface area contributed by atoms with E-state index in [1.165, 1.54) is 28.1 Å². The third-order valence-corrected chi connectivity index (χ3v) is 4.34. The van der Waals surface area contributed by atoms with Crippen molar-refractivity contribution in [1.29, 1.82) is 0 Å². The number of carboxylic acids is 1. The van der Waals surface area contributed by atoms with Gasteiger partial charge in [-0.3, -0.25) is 0 Å². The fraction of sp³-hybridized carbons (Fsp3) is 0.333. The van der Waals surface area contributed by atoms with Gasteiger partial charge in [0.05, 0.1) is 11.6 Å². The van der Waals surface area contributed by atoms with Crippen LogP contribution in [0.15, 0.2) is 10.8 Å². The number of aryl methyl sites for hydroxylation is 1. The SMILES string of the molecule is Cc1csc(CNC(=O)NCCc2nc(C(=O)O)cs2)n1. The van der Waals surface area contributed by atoms with Crippen molar-refractivity contribution in [1.82, 2.24) is 20.6 Å². The number of hydrogen-bond donors (Lipinski definition) is 3. The highest BCUT2D eigenvalue weighted by molar-refractivity contribution is 7.10. The van der Waals surface area contributed by atoms with Gasteiger partial charge in [0.1, 0.15) is 5.01 Å². The Labute approximate surface area is 129 Å². The van der Waals surface area contributed by atoms with Crippen molar-refractivity contribution in [2.24, 2.45) is 0 Å². The second-order valence-corrected chi connectivity index (χ2v) is 6.06. The molecule has 0 spiro atoms. The molecule has 0 saturated heterocycles. The zero-order chi connectivity index (χ0) is 15.2. The Hall–Kier alpha value is -2.00. The summed E-state index contributed by atoms with van der Waals surface area (Å²) in [6, 6.07) is -0.280. The van der Waals surface area contributed by atoms with Gasteiger partial charge in [-0.25, -0.2) is 19.6 Å². The maximum Gasteiger partial charge on any atom is 0.355 e. The molecule has 0 fully saturated rings. The molecule has 0 aliphatic heterocycles. The van der Waals surface area contributed by atoms with E-state index >= 15 is 0 Å². The number of carboxylic acid groups (broad SMARTS) is 1. The third-order valence-electron chi connectivity index (χ3n) is 2.46. The van der Waals surface area contributed by atoms with Gasteiger partial charge in [0.25, 0.3) is 0 Å². The van der Waals surface area contributed by atoms with E-state index in [0.29, 0.717) is 24.5 Å². The Kier molecular flexibility index (Phi) is 5.23. The smallest absolute Gasteiger partial charge is 0.355 e. The molecular weight excluding hydrogens is 312 g/mol. The zero-order valence-corrected chi connectivity index (χ0v) is 12.9. The van der Waals surface area contributed by atoms with Crippen molar-refractivity contribution in [2.45, 2.75) is 19.9 Å². The first-order valence-corrected chi connectivity index (χ1v) is 7.91. The summed E-state index contributed by atoms with van der Waals surface area (Å²) in [5.74, 6) is -1.04. The minimum absolute atomic E-state index is 0.0404. The Morgan fingerprint density at radius 2 is 1.95 bits per heavy atom. The predicted molar refractivity (Wildman–Crippen MR) is 79.9 cm³/mol. The molecule has 2 amide bonds. The highest BCUT2D eigenvalue weighted by Gasteiger charge is 2.09. The molecule has 0 aromatic carbocycles.